The Bertz CT molecular complexity index is 1760. The zero-order chi connectivity index (χ0) is 41.1. The number of carbonyl (C=O) groups excluding carboxylic acids is 4. The average molecular weight is 850 g/mol. The monoisotopic (exact) mass is 849 g/mol. The number of nitrogens with one attached hydrogen (secondary N) is 2. The second-order valence-electron chi connectivity index (χ2n) is 11.6. The van der Waals surface area contributed by atoms with Crippen molar-refractivity contribution in [3.63, 3.8) is 0 Å². The van der Waals surface area contributed by atoms with Gasteiger partial charge < -0.3 is 73.8 Å². The second-order valence-corrected chi connectivity index (χ2v) is 16.9. The number of fused-ring (bicyclic) bond motifs is 1. The maximum atomic E-state index is 12.4. The van der Waals surface area contributed by atoms with Crippen molar-refractivity contribution in [1.82, 2.24) is 30.2 Å². The molecule has 0 bridgehead atoms. The van der Waals surface area contributed by atoms with Crippen LogP contribution in [0.3, 0.4) is 0 Å². The van der Waals surface area contributed by atoms with Gasteiger partial charge in [0.1, 0.15) is 42.5 Å². The van der Waals surface area contributed by atoms with Crippen LogP contribution in [0.15, 0.2) is 12.7 Å². The smallest absolute Gasteiger partial charge is 0.274 e. The van der Waals surface area contributed by atoms with Crippen LogP contribution in [0.25, 0.3) is 11.2 Å². The number of imidazole rings is 1. The van der Waals surface area contributed by atoms with Crippen molar-refractivity contribution in [3.05, 3.63) is 12.7 Å². The van der Waals surface area contributed by atoms with Crippen molar-refractivity contribution in [3.8, 4) is 0 Å². The van der Waals surface area contributed by atoms with Gasteiger partial charge in [-0.05, 0) is 6.92 Å². The molecule has 1 saturated heterocycles. The SMILES string of the molecule is CC(=O)SCCNC(=O)CCNC(=O)C(O)C(C)(C)COP(=O)([O-])OP(=O)([O-])OCC1OC(n2cnc3c(N)ncnc32)C(O)C1OP(=O)([O-])[O-].CC=O. The summed E-state index contributed by atoms with van der Waals surface area (Å²) in [5.41, 5.74) is 4.07. The fourth-order valence-corrected chi connectivity index (χ4v) is 7.53. The number of carbonyl (C=O) groups is 4. The standard InChI is InChI=1S/C23H38N7O17P3S.C2H4O/c1-12(31)51-7-6-25-14(32)4-5-26-21(35)18(34)23(2,3)9-44-50(41,42)47-49(39,40)43-8-13-17(46-48(36,37)38)16(33)22(45-13)30-11-29-15-19(24)27-10-28-20(15)30;1-2-3/h10-11,13,16-18,22,33-34H,4-9H2,1-3H3,(H,25,32)(H,26,35)(H,39,40)(H,41,42)(H2,24,27,28)(H2,36,37,38);2H,1H3/p-4. The summed E-state index contributed by atoms with van der Waals surface area (Å²) in [4.78, 5) is 103. The zero-order valence-corrected chi connectivity index (χ0v) is 32.4. The Morgan fingerprint density at radius 2 is 1.74 bits per heavy atom. The predicted molar refractivity (Wildman–Crippen MR) is 176 cm³/mol. The molecule has 0 spiro atoms. The van der Waals surface area contributed by atoms with Gasteiger partial charge in [0.25, 0.3) is 15.6 Å². The second kappa shape index (κ2) is 20.4. The molecule has 25 nitrogen and oxygen atoms in total. The molecule has 1 aliphatic rings. The summed E-state index contributed by atoms with van der Waals surface area (Å²) in [5, 5.41) is 25.9. The maximum absolute atomic E-state index is 12.4. The predicted octanol–water partition coefficient (Wildman–Crippen LogP) is -3.64. The molecule has 54 heavy (non-hydrogen) atoms. The van der Waals surface area contributed by atoms with Crippen LogP contribution >= 0.6 is 35.2 Å². The molecular formula is C25H38N7O18P3S-4. The number of amides is 2. The first kappa shape index (κ1) is 47.4. The van der Waals surface area contributed by atoms with Crippen LogP contribution in [0.4, 0.5) is 5.82 Å². The van der Waals surface area contributed by atoms with E-state index in [1.165, 1.54) is 27.7 Å². The van der Waals surface area contributed by atoms with Gasteiger partial charge >= 0.3 is 0 Å². The van der Waals surface area contributed by atoms with Gasteiger partial charge in [0.2, 0.25) is 11.8 Å². The number of anilines is 1. The molecule has 1 fully saturated rings. The molecule has 2 amide bonds. The number of aromatic nitrogens is 4. The van der Waals surface area contributed by atoms with Gasteiger partial charge in [-0.2, -0.15) is 0 Å². The molecule has 0 aliphatic carbocycles. The maximum Gasteiger partial charge on any atom is 0.274 e. The number of rotatable bonds is 19. The molecule has 0 saturated carbocycles. The zero-order valence-electron chi connectivity index (χ0n) is 28.9. The summed E-state index contributed by atoms with van der Waals surface area (Å²) in [6.45, 7) is 2.94. The summed E-state index contributed by atoms with van der Waals surface area (Å²) in [6, 6.07) is 0. The Hall–Kier alpha value is -2.77. The minimum Gasteiger partial charge on any atom is -0.790 e. The Labute approximate surface area is 311 Å². The molecule has 2 aromatic rings. The van der Waals surface area contributed by atoms with Crippen molar-refractivity contribution < 1.29 is 85.3 Å². The largest absolute Gasteiger partial charge is 0.790 e. The number of phosphoric ester groups is 3. The number of aliphatic hydroxyl groups is 2. The van der Waals surface area contributed by atoms with Gasteiger partial charge in [-0.3, -0.25) is 28.1 Å². The Morgan fingerprint density at radius 3 is 2.35 bits per heavy atom. The van der Waals surface area contributed by atoms with E-state index in [0.29, 0.717) is 5.75 Å². The molecule has 0 aromatic carbocycles. The van der Waals surface area contributed by atoms with E-state index < -0.39 is 84.6 Å². The van der Waals surface area contributed by atoms with Gasteiger partial charge in [-0.25, -0.2) is 19.3 Å². The molecule has 6 N–H and O–H groups in total. The summed E-state index contributed by atoms with van der Waals surface area (Å²) in [5.74, 6) is -1.19. The third-order valence-electron chi connectivity index (χ3n) is 6.78. The van der Waals surface area contributed by atoms with Crippen LogP contribution < -0.4 is 35.9 Å². The van der Waals surface area contributed by atoms with Gasteiger partial charge in [0.15, 0.2) is 22.8 Å². The minimum atomic E-state index is -5.90. The van der Waals surface area contributed by atoms with Crippen LogP contribution in [0, 0.1) is 5.41 Å². The Balaban J connectivity index is 0.00000325. The lowest BCUT2D eigenvalue weighted by Gasteiger charge is -2.36. The Morgan fingerprint density at radius 1 is 1.11 bits per heavy atom. The van der Waals surface area contributed by atoms with Crippen LogP contribution in [-0.2, 0) is 55.5 Å². The molecule has 0 radical (unpaired) electrons. The molecular weight excluding hydrogens is 811 g/mol. The van der Waals surface area contributed by atoms with E-state index in [9.17, 15) is 57.9 Å². The Kier molecular flexibility index (Phi) is 17.9. The van der Waals surface area contributed by atoms with Crippen LogP contribution in [-0.4, -0.2) is 109 Å². The van der Waals surface area contributed by atoms with Gasteiger partial charge in [-0.1, -0.05) is 25.6 Å². The number of aliphatic hydroxyl groups excluding tert-OH is 2. The number of phosphoric acid groups is 3. The fraction of sp³-hybridized carbons (Fsp3) is 0.640. The highest BCUT2D eigenvalue weighted by Crippen LogP contribution is 2.56. The third kappa shape index (κ3) is 15.0. The first-order valence-electron chi connectivity index (χ1n) is 15.3. The fourth-order valence-electron chi connectivity index (χ4n) is 4.30. The number of aldehydes is 1. The van der Waals surface area contributed by atoms with E-state index in [0.717, 1.165) is 35.3 Å². The molecule has 2 aromatic heterocycles. The van der Waals surface area contributed by atoms with Crippen molar-refractivity contribution in [1.29, 1.82) is 0 Å². The van der Waals surface area contributed by atoms with E-state index in [1.54, 1.807) is 0 Å². The van der Waals surface area contributed by atoms with Crippen molar-refractivity contribution in [2.45, 2.75) is 64.8 Å². The molecule has 1 aliphatic heterocycles. The van der Waals surface area contributed by atoms with Crippen LogP contribution in [0.2, 0.25) is 0 Å². The van der Waals surface area contributed by atoms with E-state index >= 15 is 0 Å². The topological polar surface area (TPSA) is 392 Å². The molecule has 7 atom stereocenters. The lowest BCUT2D eigenvalue weighted by Crippen LogP contribution is -2.46. The molecule has 306 valence electrons. The summed E-state index contributed by atoms with van der Waals surface area (Å²) >= 11 is 1.01. The molecule has 3 heterocycles. The van der Waals surface area contributed by atoms with Gasteiger partial charge in [0, 0.05) is 37.6 Å². The highest BCUT2D eigenvalue weighted by atomic mass is 32.2. The van der Waals surface area contributed by atoms with Crippen LogP contribution in [0.1, 0.15) is 40.3 Å². The number of hydrogen-bond donors (Lipinski definition) is 5. The first-order chi connectivity index (χ1) is 24.9. The van der Waals surface area contributed by atoms with Gasteiger partial charge in [-0.15, -0.1) is 0 Å². The highest BCUT2D eigenvalue weighted by Gasteiger charge is 2.47. The number of ether oxygens (including phenoxy) is 1. The number of nitrogens with zero attached hydrogens (tertiary/aromatic N) is 4. The highest BCUT2D eigenvalue weighted by molar-refractivity contribution is 8.13. The summed E-state index contributed by atoms with van der Waals surface area (Å²) in [6.07, 6.45) is -6.80. The number of hydrogen-bond acceptors (Lipinski definition) is 23. The quantitative estimate of drug-likeness (QED) is 0.0517. The van der Waals surface area contributed by atoms with E-state index in [4.69, 9.17) is 15.3 Å². The lowest BCUT2D eigenvalue weighted by molar-refractivity contribution is -0.347. The van der Waals surface area contributed by atoms with Crippen molar-refractivity contribution in [2.75, 3.05) is 37.8 Å². The lowest BCUT2D eigenvalue weighted by atomic mass is 9.87. The third-order valence-corrected chi connectivity index (χ3v) is 10.6. The number of nitrogen functional groups attached to an aromatic ring is 1. The van der Waals surface area contributed by atoms with E-state index in [-0.39, 0.29) is 41.6 Å². The van der Waals surface area contributed by atoms with E-state index in [2.05, 4.69) is 43.5 Å². The van der Waals surface area contributed by atoms with E-state index in [1.807, 2.05) is 0 Å². The summed E-state index contributed by atoms with van der Waals surface area (Å²) < 4.78 is 60.2. The van der Waals surface area contributed by atoms with Gasteiger partial charge in [0.05, 0.1) is 27.4 Å². The summed E-state index contributed by atoms with van der Waals surface area (Å²) in [7, 11) is -17.6. The minimum absolute atomic E-state index is 0.0209. The van der Waals surface area contributed by atoms with Crippen molar-refractivity contribution >= 4 is 75.4 Å². The average Bonchev–Trinajstić information content (AvgIpc) is 3.61. The molecule has 3 rings (SSSR count). The normalized spacial score (nSPS) is 21.6. The number of nitrogens with two attached hydrogens (primary N) is 1. The molecule has 7 unspecified atom stereocenters. The van der Waals surface area contributed by atoms with Crippen LogP contribution in [0.5, 0.6) is 0 Å². The molecule has 29 heteroatoms. The first-order valence-corrected chi connectivity index (χ1v) is 20.7. The van der Waals surface area contributed by atoms with Crippen molar-refractivity contribution in [2.24, 2.45) is 5.41 Å². The number of thioether (sulfide) groups is 1.